The molecule has 3 rings (SSSR count). The van der Waals surface area contributed by atoms with Crippen molar-refractivity contribution in [2.45, 2.75) is 32.1 Å². The second-order valence-corrected chi connectivity index (χ2v) is 6.89. The first-order valence-electron chi connectivity index (χ1n) is 9.97. The summed E-state index contributed by atoms with van der Waals surface area (Å²) in [7, 11) is 0. The number of nitrogens with one attached hydrogen (secondary N) is 2. The molecule has 0 bridgehead atoms. The molecule has 1 atom stereocenters. The van der Waals surface area contributed by atoms with E-state index in [-0.39, 0.29) is 19.3 Å². The van der Waals surface area contributed by atoms with Gasteiger partial charge in [-0.25, -0.2) is 9.79 Å². The van der Waals surface area contributed by atoms with Gasteiger partial charge in [0.05, 0.1) is 19.3 Å². The summed E-state index contributed by atoms with van der Waals surface area (Å²) in [5.74, 6) is 0.316. The van der Waals surface area contributed by atoms with Crippen LogP contribution in [0.5, 0.6) is 0 Å². The Kier molecular flexibility index (Phi) is 8.44. The predicted molar refractivity (Wildman–Crippen MR) is 115 cm³/mol. The lowest BCUT2D eigenvalue weighted by atomic mass is 10.1. The zero-order valence-corrected chi connectivity index (χ0v) is 16.8. The van der Waals surface area contributed by atoms with Crippen molar-refractivity contribution in [3.8, 4) is 0 Å². The highest BCUT2D eigenvalue weighted by Gasteiger charge is 2.20. The lowest BCUT2D eigenvalue weighted by Gasteiger charge is -2.24. The number of hydrogen-bond donors (Lipinski definition) is 3. The van der Waals surface area contributed by atoms with E-state index in [1.807, 2.05) is 66.7 Å². The molecular formula is C23H27N3O4. The third-order valence-electron chi connectivity index (χ3n) is 4.42. The Morgan fingerprint density at radius 3 is 2.43 bits per heavy atom. The Morgan fingerprint density at radius 2 is 1.77 bits per heavy atom. The molecule has 0 spiro atoms. The smallest absolute Gasteiger partial charge is 0.414 e. The number of aliphatic hydroxyl groups excluding tert-OH is 1. The molecule has 3 N–H and O–H groups in total. The average molecular weight is 409 g/mol. The van der Waals surface area contributed by atoms with Crippen LogP contribution in [0, 0.1) is 0 Å². The summed E-state index contributed by atoms with van der Waals surface area (Å²) < 4.78 is 11.1. The van der Waals surface area contributed by atoms with Gasteiger partial charge < -0.3 is 19.9 Å². The van der Waals surface area contributed by atoms with Crippen molar-refractivity contribution in [1.29, 1.82) is 0 Å². The fourth-order valence-corrected chi connectivity index (χ4v) is 2.99. The molecular weight excluding hydrogens is 382 g/mol. The third-order valence-corrected chi connectivity index (χ3v) is 4.42. The van der Waals surface area contributed by atoms with Crippen molar-refractivity contribution >= 4 is 12.1 Å². The highest BCUT2D eigenvalue weighted by atomic mass is 16.5. The summed E-state index contributed by atoms with van der Waals surface area (Å²) in [6, 6.07) is 19.2. The number of guanidine groups is 1. The molecule has 0 aromatic heterocycles. The molecule has 0 fully saturated rings. The molecule has 30 heavy (non-hydrogen) atoms. The van der Waals surface area contributed by atoms with Crippen LogP contribution in [0.4, 0.5) is 4.79 Å². The SMILES string of the molecule is O=C(NC1=NC(COCc2ccccc2)C/C(=C\CCO)N1)OCc1ccccc1. The van der Waals surface area contributed by atoms with Crippen LogP contribution in [-0.2, 0) is 22.7 Å². The second kappa shape index (κ2) is 11.7. The van der Waals surface area contributed by atoms with E-state index in [4.69, 9.17) is 14.6 Å². The summed E-state index contributed by atoms with van der Waals surface area (Å²) in [5, 5.41) is 14.8. The number of aliphatic hydroxyl groups is 1. The van der Waals surface area contributed by atoms with Crippen molar-refractivity contribution in [3.05, 3.63) is 83.6 Å². The molecule has 1 aliphatic rings. The van der Waals surface area contributed by atoms with Gasteiger partial charge in [0.15, 0.2) is 0 Å². The number of hydrogen-bond acceptors (Lipinski definition) is 6. The third kappa shape index (κ3) is 7.35. The number of carbonyl (C=O) groups is 1. The predicted octanol–water partition coefficient (Wildman–Crippen LogP) is 3.11. The average Bonchev–Trinajstić information content (AvgIpc) is 2.78. The van der Waals surface area contributed by atoms with Crippen molar-refractivity contribution in [2.75, 3.05) is 13.2 Å². The lowest BCUT2D eigenvalue weighted by molar-refractivity contribution is 0.107. The zero-order valence-electron chi connectivity index (χ0n) is 16.8. The first-order valence-corrected chi connectivity index (χ1v) is 9.97. The molecule has 2 aromatic rings. The molecule has 0 saturated carbocycles. The Hall–Kier alpha value is -3.16. The van der Waals surface area contributed by atoms with E-state index < -0.39 is 6.09 Å². The van der Waals surface area contributed by atoms with Crippen LogP contribution in [0.15, 0.2) is 77.4 Å². The van der Waals surface area contributed by atoms with Crippen LogP contribution in [0.2, 0.25) is 0 Å². The van der Waals surface area contributed by atoms with Gasteiger partial charge in [-0.1, -0.05) is 66.7 Å². The Bertz CT molecular complexity index is 853. The summed E-state index contributed by atoms with van der Waals surface area (Å²) in [4.78, 5) is 16.7. The van der Waals surface area contributed by atoms with Crippen LogP contribution in [-0.4, -0.2) is 36.4 Å². The normalized spacial score (nSPS) is 17.2. The van der Waals surface area contributed by atoms with E-state index in [2.05, 4.69) is 15.6 Å². The number of amides is 1. The zero-order chi connectivity index (χ0) is 21.0. The maximum Gasteiger partial charge on any atom is 0.414 e. The van der Waals surface area contributed by atoms with Crippen LogP contribution in [0.1, 0.15) is 24.0 Å². The highest BCUT2D eigenvalue weighted by Crippen LogP contribution is 2.14. The molecule has 0 radical (unpaired) electrons. The molecule has 1 amide bonds. The number of carbonyl (C=O) groups excluding carboxylic acids is 1. The van der Waals surface area contributed by atoms with Gasteiger partial charge in [0.25, 0.3) is 0 Å². The van der Waals surface area contributed by atoms with Gasteiger partial charge in [0.1, 0.15) is 6.61 Å². The molecule has 7 heteroatoms. The largest absolute Gasteiger partial charge is 0.444 e. The van der Waals surface area contributed by atoms with Gasteiger partial charge >= 0.3 is 6.09 Å². The standard InChI is InChI=1S/C23H27N3O4/c27-13-7-12-20-14-21(17-29-15-18-8-3-1-4-9-18)25-22(24-20)26-23(28)30-16-19-10-5-2-6-11-19/h1-6,8-12,21,27H,7,13-17H2,(H2,24,25,26,28)/b20-12+. The van der Waals surface area contributed by atoms with E-state index in [0.29, 0.717) is 32.0 Å². The second-order valence-electron chi connectivity index (χ2n) is 6.89. The Labute approximate surface area is 176 Å². The van der Waals surface area contributed by atoms with Crippen molar-refractivity contribution in [3.63, 3.8) is 0 Å². The minimum absolute atomic E-state index is 0.0549. The van der Waals surface area contributed by atoms with Crippen LogP contribution in [0.3, 0.4) is 0 Å². The van der Waals surface area contributed by atoms with E-state index in [1.165, 1.54) is 0 Å². The summed E-state index contributed by atoms with van der Waals surface area (Å²) in [6.07, 6.45) is 2.47. The van der Waals surface area contributed by atoms with Crippen molar-refractivity contribution < 1.29 is 19.4 Å². The van der Waals surface area contributed by atoms with Gasteiger partial charge in [-0.2, -0.15) is 0 Å². The number of rotatable bonds is 8. The molecule has 1 aliphatic heterocycles. The fourth-order valence-electron chi connectivity index (χ4n) is 2.99. The van der Waals surface area contributed by atoms with Gasteiger partial charge in [-0.15, -0.1) is 0 Å². The van der Waals surface area contributed by atoms with Crippen molar-refractivity contribution in [2.24, 2.45) is 4.99 Å². The first kappa shape index (κ1) is 21.5. The Balaban J connectivity index is 1.55. The number of aliphatic imine (C=N–C) groups is 1. The van der Waals surface area contributed by atoms with Gasteiger partial charge in [-0.3, -0.25) is 5.32 Å². The summed E-state index contributed by atoms with van der Waals surface area (Å²) in [5.41, 5.74) is 2.88. The molecule has 1 heterocycles. The maximum absolute atomic E-state index is 12.2. The minimum Gasteiger partial charge on any atom is -0.444 e. The van der Waals surface area contributed by atoms with Crippen LogP contribution < -0.4 is 10.6 Å². The van der Waals surface area contributed by atoms with Crippen LogP contribution >= 0.6 is 0 Å². The monoisotopic (exact) mass is 409 g/mol. The molecule has 0 saturated heterocycles. The first-order chi connectivity index (χ1) is 14.7. The van der Waals surface area contributed by atoms with Crippen LogP contribution in [0.25, 0.3) is 0 Å². The van der Waals surface area contributed by atoms with E-state index in [9.17, 15) is 4.79 Å². The number of ether oxygens (including phenoxy) is 2. The highest BCUT2D eigenvalue weighted by molar-refractivity contribution is 5.95. The molecule has 158 valence electrons. The van der Waals surface area contributed by atoms with E-state index in [1.54, 1.807) is 0 Å². The molecule has 0 aliphatic carbocycles. The molecule has 1 unspecified atom stereocenters. The van der Waals surface area contributed by atoms with Crippen molar-refractivity contribution in [1.82, 2.24) is 10.6 Å². The summed E-state index contributed by atoms with van der Waals surface area (Å²) >= 11 is 0. The lowest BCUT2D eigenvalue weighted by Crippen LogP contribution is -2.45. The Morgan fingerprint density at radius 1 is 1.10 bits per heavy atom. The summed E-state index contributed by atoms with van der Waals surface area (Å²) in [6.45, 7) is 1.14. The molecule has 7 nitrogen and oxygen atoms in total. The topological polar surface area (TPSA) is 92.2 Å². The number of benzene rings is 2. The number of nitrogens with zero attached hydrogens (tertiary/aromatic N) is 1. The quantitative estimate of drug-likeness (QED) is 0.623. The van der Waals surface area contributed by atoms with E-state index >= 15 is 0 Å². The van der Waals surface area contributed by atoms with Gasteiger partial charge in [0.2, 0.25) is 5.96 Å². The fraction of sp³-hybridized carbons (Fsp3) is 0.304. The van der Waals surface area contributed by atoms with E-state index in [0.717, 1.165) is 16.8 Å². The van der Waals surface area contributed by atoms with Gasteiger partial charge in [-0.05, 0) is 17.5 Å². The number of alkyl carbamates (subject to hydrolysis) is 1. The van der Waals surface area contributed by atoms with Gasteiger partial charge in [0, 0.05) is 18.7 Å². The molecule has 2 aromatic carbocycles. The minimum atomic E-state index is -0.586. The maximum atomic E-state index is 12.2.